The number of aryl methyl sites for hydroxylation is 1. The molecule has 0 radical (unpaired) electrons. The van der Waals surface area contributed by atoms with Gasteiger partial charge in [0.25, 0.3) is 5.91 Å². The third kappa shape index (κ3) is 2.91. The third-order valence-corrected chi connectivity index (χ3v) is 3.59. The number of carbonyl (C=O) groups is 1. The molecule has 0 bridgehead atoms. The molecule has 0 aliphatic heterocycles. The molecule has 1 heterocycles. The molecule has 0 aliphatic carbocycles. The van der Waals surface area contributed by atoms with E-state index in [9.17, 15) is 4.79 Å². The van der Waals surface area contributed by atoms with Crippen LogP contribution in [0.4, 0.5) is 11.5 Å². The lowest BCUT2D eigenvalue weighted by Gasteiger charge is -2.07. The van der Waals surface area contributed by atoms with Crippen LogP contribution in [-0.2, 0) is 0 Å². The fraction of sp³-hybridized carbons (Fsp3) is 0.118. The molecule has 0 saturated heterocycles. The van der Waals surface area contributed by atoms with Crippen LogP contribution in [0, 0.1) is 6.92 Å². The Balaban J connectivity index is 1.88. The average Bonchev–Trinajstić information content (AvgIpc) is 2.97. The second kappa shape index (κ2) is 6.41. The Morgan fingerprint density at radius 1 is 1.21 bits per heavy atom. The van der Waals surface area contributed by atoms with Crippen molar-refractivity contribution in [2.24, 2.45) is 0 Å². The Labute approximate surface area is 139 Å². The molecule has 3 aromatic rings. The maximum atomic E-state index is 12.4. The monoisotopic (exact) mass is 323 g/mol. The standard InChI is InChI=1S/C17H17N5O2/c1-11-6-3-4-9-14(11)22-16(18)15(20-21-22)17(23)19-12-7-5-8-13(10-12)24-2/h3-10H,18H2,1-2H3,(H,19,23). The lowest BCUT2D eigenvalue weighted by molar-refractivity contribution is 0.102. The molecule has 24 heavy (non-hydrogen) atoms. The number of nitrogens with one attached hydrogen (secondary N) is 1. The molecule has 2 aromatic carbocycles. The smallest absolute Gasteiger partial charge is 0.280 e. The van der Waals surface area contributed by atoms with Crippen LogP contribution in [0.5, 0.6) is 5.75 Å². The molecule has 0 fully saturated rings. The SMILES string of the molecule is COc1cccc(NC(=O)c2nnn(-c3ccccc3C)c2N)c1. The van der Waals surface area contributed by atoms with E-state index in [2.05, 4.69) is 15.6 Å². The summed E-state index contributed by atoms with van der Waals surface area (Å²) in [5.74, 6) is 0.398. The van der Waals surface area contributed by atoms with E-state index in [1.54, 1.807) is 31.4 Å². The molecular weight excluding hydrogens is 306 g/mol. The van der Waals surface area contributed by atoms with E-state index >= 15 is 0 Å². The zero-order valence-corrected chi connectivity index (χ0v) is 13.4. The molecule has 3 rings (SSSR count). The lowest BCUT2D eigenvalue weighted by atomic mass is 10.2. The number of benzene rings is 2. The predicted molar refractivity (Wildman–Crippen MR) is 91.5 cm³/mol. The van der Waals surface area contributed by atoms with E-state index in [4.69, 9.17) is 10.5 Å². The van der Waals surface area contributed by atoms with Gasteiger partial charge in [0, 0.05) is 11.8 Å². The number of hydrogen-bond donors (Lipinski definition) is 2. The van der Waals surface area contributed by atoms with Gasteiger partial charge in [-0.15, -0.1) is 5.10 Å². The number of aromatic nitrogens is 3. The summed E-state index contributed by atoms with van der Waals surface area (Å²) in [5.41, 5.74) is 8.49. The molecular formula is C17H17N5O2. The van der Waals surface area contributed by atoms with Crippen molar-refractivity contribution in [3.8, 4) is 11.4 Å². The molecule has 0 spiro atoms. The summed E-state index contributed by atoms with van der Waals surface area (Å²) in [6.45, 7) is 1.94. The van der Waals surface area contributed by atoms with Crippen molar-refractivity contribution in [1.29, 1.82) is 0 Å². The van der Waals surface area contributed by atoms with Gasteiger partial charge in [-0.3, -0.25) is 4.79 Å². The number of hydrogen-bond acceptors (Lipinski definition) is 5. The van der Waals surface area contributed by atoms with E-state index < -0.39 is 5.91 Å². The normalized spacial score (nSPS) is 10.4. The number of amides is 1. The Morgan fingerprint density at radius 2 is 2.00 bits per heavy atom. The van der Waals surface area contributed by atoms with E-state index in [-0.39, 0.29) is 11.5 Å². The summed E-state index contributed by atoms with van der Waals surface area (Å²) < 4.78 is 6.59. The first-order valence-electron chi connectivity index (χ1n) is 7.32. The first-order valence-corrected chi connectivity index (χ1v) is 7.32. The minimum absolute atomic E-state index is 0.0704. The maximum absolute atomic E-state index is 12.4. The van der Waals surface area contributed by atoms with Crippen LogP contribution in [0.1, 0.15) is 16.1 Å². The van der Waals surface area contributed by atoms with Gasteiger partial charge >= 0.3 is 0 Å². The van der Waals surface area contributed by atoms with Crippen molar-refractivity contribution in [3.05, 3.63) is 59.8 Å². The number of para-hydroxylation sites is 1. The largest absolute Gasteiger partial charge is 0.497 e. The molecule has 0 unspecified atom stereocenters. The molecule has 1 amide bonds. The van der Waals surface area contributed by atoms with Gasteiger partial charge in [-0.25, -0.2) is 0 Å². The summed E-state index contributed by atoms with van der Waals surface area (Å²) in [6, 6.07) is 14.6. The predicted octanol–water partition coefficient (Wildman–Crippen LogP) is 2.42. The lowest BCUT2D eigenvalue weighted by Crippen LogP contribution is -2.15. The summed E-state index contributed by atoms with van der Waals surface area (Å²) in [6.07, 6.45) is 0. The number of anilines is 2. The highest BCUT2D eigenvalue weighted by Gasteiger charge is 2.19. The molecule has 1 aromatic heterocycles. The number of carbonyl (C=O) groups excluding carboxylic acids is 1. The van der Waals surface area contributed by atoms with E-state index in [1.807, 2.05) is 31.2 Å². The van der Waals surface area contributed by atoms with Crippen LogP contribution in [-0.4, -0.2) is 28.0 Å². The second-order valence-corrected chi connectivity index (χ2v) is 5.21. The van der Waals surface area contributed by atoms with Gasteiger partial charge < -0.3 is 15.8 Å². The highest BCUT2D eigenvalue weighted by Crippen LogP contribution is 2.21. The van der Waals surface area contributed by atoms with Crippen LogP contribution in [0.3, 0.4) is 0 Å². The minimum Gasteiger partial charge on any atom is -0.497 e. The van der Waals surface area contributed by atoms with Crippen molar-refractivity contribution in [1.82, 2.24) is 15.0 Å². The van der Waals surface area contributed by atoms with Gasteiger partial charge in [0.15, 0.2) is 11.5 Å². The molecule has 3 N–H and O–H groups in total. The van der Waals surface area contributed by atoms with Crippen LogP contribution in [0.15, 0.2) is 48.5 Å². The topological polar surface area (TPSA) is 95.1 Å². The van der Waals surface area contributed by atoms with Gasteiger partial charge in [-0.1, -0.05) is 29.5 Å². The highest BCUT2D eigenvalue weighted by molar-refractivity contribution is 6.05. The van der Waals surface area contributed by atoms with Crippen molar-refractivity contribution in [2.45, 2.75) is 6.92 Å². The summed E-state index contributed by atoms with van der Waals surface area (Å²) in [4.78, 5) is 12.4. The first kappa shape index (κ1) is 15.5. The van der Waals surface area contributed by atoms with Crippen molar-refractivity contribution in [2.75, 3.05) is 18.2 Å². The first-order chi connectivity index (χ1) is 11.6. The number of rotatable bonds is 4. The van der Waals surface area contributed by atoms with Gasteiger partial charge in [0.2, 0.25) is 0 Å². The molecule has 122 valence electrons. The maximum Gasteiger partial charge on any atom is 0.280 e. The van der Waals surface area contributed by atoms with Crippen molar-refractivity contribution >= 4 is 17.4 Å². The fourth-order valence-electron chi connectivity index (χ4n) is 2.32. The molecule has 0 atom stereocenters. The number of nitrogens with two attached hydrogens (primary N) is 1. The van der Waals surface area contributed by atoms with Gasteiger partial charge in [0.1, 0.15) is 5.75 Å². The van der Waals surface area contributed by atoms with Crippen LogP contribution >= 0.6 is 0 Å². The van der Waals surface area contributed by atoms with Crippen molar-refractivity contribution in [3.63, 3.8) is 0 Å². The fourth-order valence-corrected chi connectivity index (χ4v) is 2.32. The van der Waals surface area contributed by atoms with Crippen LogP contribution in [0.25, 0.3) is 5.69 Å². The van der Waals surface area contributed by atoms with E-state index in [0.717, 1.165) is 11.3 Å². The molecule has 0 aliphatic rings. The molecule has 7 nitrogen and oxygen atoms in total. The Bertz CT molecular complexity index is 888. The van der Waals surface area contributed by atoms with Crippen molar-refractivity contribution < 1.29 is 9.53 Å². The zero-order chi connectivity index (χ0) is 17.1. The summed E-state index contributed by atoms with van der Waals surface area (Å²) in [5, 5.41) is 10.7. The van der Waals surface area contributed by atoms with Crippen LogP contribution in [0.2, 0.25) is 0 Å². The quantitative estimate of drug-likeness (QED) is 0.769. The van der Waals surface area contributed by atoms with Crippen LogP contribution < -0.4 is 15.8 Å². The second-order valence-electron chi connectivity index (χ2n) is 5.21. The van der Waals surface area contributed by atoms with Gasteiger partial charge in [0.05, 0.1) is 12.8 Å². The molecule has 0 saturated carbocycles. The van der Waals surface area contributed by atoms with Gasteiger partial charge in [-0.2, -0.15) is 4.68 Å². The Kier molecular flexibility index (Phi) is 4.15. The number of methoxy groups -OCH3 is 1. The summed E-state index contributed by atoms with van der Waals surface area (Å²) >= 11 is 0. The Hall–Kier alpha value is -3.35. The number of ether oxygens (including phenoxy) is 1. The summed E-state index contributed by atoms with van der Waals surface area (Å²) in [7, 11) is 1.56. The van der Waals surface area contributed by atoms with E-state index in [0.29, 0.717) is 11.4 Å². The Morgan fingerprint density at radius 3 is 2.75 bits per heavy atom. The third-order valence-electron chi connectivity index (χ3n) is 3.59. The average molecular weight is 323 g/mol. The highest BCUT2D eigenvalue weighted by atomic mass is 16.5. The zero-order valence-electron chi connectivity index (χ0n) is 13.4. The van der Waals surface area contributed by atoms with Gasteiger partial charge in [-0.05, 0) is 30.7 Å². The molecule has 7 heteroatoms. The number of nitrogens with zero attached hydrogens (tertiary/aromatic N) is 3. The minimum atomic E-state index is -0.430. The number of nitrogen functional groups attached to an aromatic ring is 1. The van der Waals surface area contributed by atoms with E-state index in [1.165, 1.54) is 4.68 Å².